The number of nitrogens with zero attached hydrogens (tertiary/aromatic N) is 1. The molecule has 1 aromatic heterocycles. The molecule has 0 aliphatic heterocycles. The molecule has 0 aliphatic carbocycles. The first-order valence-corrected chi connectivity index (χ1v) is 12.2. The van der Waals surface area contributed by atoms with Crippen molar-refractivity contribution in [2.75, 3.05) is 6.61 Å². The number of carboxylic acids is 1. The van der Waals surface area contributed by atoms with Crippen LogP contribution >= 0.6 is 0 Å². The maximum absolute atomic E-state index is 12.6. The van der Waals surface area contributed by atoms with Gasteiger partial charge in [-0.15, -0.1) is 0 Å². The Labute approximate surface area is 216 Å². The number of hydrogen-bond donors (Lipinski definition) is 2. The predicted octanol–water partition coefficient (Wildman–Crippen LogP) is 5.53. The summed E-state index contributed by atoms with van der Waals surface area (Å²) in [7, 11) is 0. The Morgan fingerprint density at radius 2 is 1.76 bits per heavy atom. The van der Waals surface area contributed by atoms with Gasteiger partial charge in [0.25, 0.3) is 5.91 Å². The van der Waals surface area contributed by atoms with Gasteiger partial charge in [-0.2, -0.15) is 0 Å². The number of carboxylic acid groups (broad SMARTS) is 1. The third-order valence-corrected chi connectivity index (χ3v) is 6.03. The molecule has 0 atom stereocenters. The molecule has 0 aliphatic rings. The number of aliphatic carboxylic acids is 1. The predicted molar refractivity (Wildman–Crippen MR) is 141 cm³/mol. The van der Waals surface area contributed by atoms with Crippen LogP contribution in [0.5, 0.6) is 5.75 Å². The van der Waals surface area contributed by atoms with Gasteiger partial charge in [0.2, 0.25) is 5.89 Å². The number of amides is 1. The molecule has 0 bridgehead atoms. The third kappa shape index (κ3) is 7.07. The monoisotopic (exact) mass is 498 g/mol. The molecule has 0 saturated heterocycles. The lowest BCUT2D eigenvalue weighted by atomic mass is 10.0. The zero-order valence-electron chi connectivity index (χ0n) is 21.0. The minimum Gasteiger partial charge on any atom is -0.493 e. The summed E-state index contributed by atoms with van der Waals surface area (Å²) in [5.41, 5.74) is 5.03. The Balaban J connectivity index is 1.42. The van der Waals surface area contributed by atoms with E-state index >= 15 is 0 Å². The lowest BCUT2D eigenvalue weighted by Gasteiger charge is -2.13. The smallest absolute Gasteiger partial charge is 0.303 e. The molecule has 1 heterocycles. The molecule has 7 nitrogen and oxygen atoms in total. The van der Waals surface area contributed by atoms with Crippen LogP contribution in [0.4, 0.5) is 0 Å². The summed E-state index contributed by atoms with van der Waals surface area (Å²) in [5.74, 6) is 0.930. The van der Waals surface area contributed by atoms with Gasteiger partial charge in [0.05, 0.1) is 12.3 Å². The first-order valence-electron chi connectivity index (χ1n) is 12.2. The standard InChI is InChI=1S/C30H30N2O5/c1-20-7-6-10-24(17-20)29(35)31-19-25-18-26(13-11-22(25)12-14-28(33)34)36-16-15-27-21(2)37-30(32-27)23-8-4-3-5-9-23/h3-11,13,17-18H,12,14-16,19H2,1-2H3,(H,31,35)(H,33,34). The molecule has 37 heavy (non-hydrogen) atoms. The van der Waals surface area contributed by atoms with Crippen LogP contribution in [-0.2, 0) is 24.2 Å². The van der Waals surface area contributed by atoms with Gasteiger partial charge in [0.15, 0.2) is 0 Å². The maximum Gasteiger partial charge on any atom is 0.303 e. The third-order valence-electron chi connectivity index (χ3n) is 6.03. The van der Waals surface area contributed by atoms with E-state index in [0.29, 0.717) is 36.7 Å². The van der Waals surface area contributed by atoms with Crippen molar-refractivity contribution in [3.63, 3.8) is 0 Å². The minimum atomic E-state index is -0.868. The Morgan fingerprint density at radius 1 is 0.946 bits per heavy atom. The Bertz CT molecular complexity index is 1380. The van der Waals surface area contributed by atoms with E-state index in [4.69, 9.17) is 14.3 Å². The summed E-state index contributed by atoms with van der Waals surface area (Å²) < 4.78 is 11.8. The van der Waals surface area contributed by atoms with E-state index in [0.717, 1.165) is 33.7 Å². The minimum absolute atomic E-state index is 0.00815. The summed E-state index contributed by atoms with van der Waals surface area (Å²) >= 11 is 0. The van der Waals surface area contributed by atoms with E-state index in [2.05, 4.69) is 10.3 Å². The second-order valence-corrected chi connectivity index (χ2v) is 8.86. The Morgan fingerprint density at radius 3 is 2.51 bits per heavy atom. The van der Waals surface area contributed by atoms with E-state index < -0.39 is 5.97 Å². The van der Waals surface area contributed by atoms with E-state index in [-0.39, 0.29) is 18.9 Å². The molecule has 4 rings (SSSR count). The highest BCUT2D eigenvalue weighted by Crippen LogP contribution is 2.23. The molecule has 2 N–H and O–H groups in total. The van der Waals surface area contributed by atoms with Gasteiger partial charge in [-0.1, -0.05) is 42.0 Å². The molecular weight excluding hydrogens is 468 g/mol. The van der Waals surface area contributed by atoms with E-state index in [1.165, 1.54) is 0 Å². The van der Waals surface area contributed by atoms with Crippen LogP contribution in [0.3, 0.4) is 0 Å². The summed E-state index contributed by atoms with van der Waals surface area (Å²) in [6.45, 7) is 4.48. The second-order valence-electron chi connectivity index (χ2n) is 8.86. The first-order chi connectivity index (χ1) is 17.9. The topological polar surface area (TPSA) is 102 Å². The Kier molecular flexibility index (Phi) is 8.36. The van der Waals surface area contributed by atoms with Gasteiger partial charge in [-0.05, 0) is 67.8 Å². The van der Waals surface area contributed by atoms with Crippen molar-refractivity contribution in [3.8, 4) is 17.2 Å². The number of ether oxygens (including phenoxy) is 1. The number of nitrogens with one attached hydrogen (secondary N) is 1. The highest BCUT2D eigenvalue weighted by atomic mass is 16.5. The van der Waals surface area contributed by atoms with Gasteiger partial charge < -0.3 is 19.6 Å². The van der Waals surface area contributed by atoms with Crippen molar-refractivity contribution in [2.24, 2.45) is 0 Å². The number of carbonyl (C=O) groups is 2. The van der Waals surface area contributed by atoms with Crippen LogP contribution in [0.25, 0.3) is 11.5 Å². The number of rotatable bonds is 11. The van der Waals surface area contributed by atoms with Gasteiger partial charge in [-0.25, -0.2) is 4.98 Å². The SMILES string of the molecule is Cc1cccc(C(=O)NCc2cc(OCCc3nc(-c4ccccc4)oc3C)ccc2CCC(=O)O)c1. The average molecular weight is 499 g/mol. The number of aryl methyl sites for hydroxylation is 3. The number of oxazole rings is 1. The highest BCUT2D eigenvalue weighted by molar-refractivity contribution is 5.94. The normalized spacial score (nSPS) is 10.8. The van der Waals surface area contributed by atoms with Crippen LogP contribution in [-0.4, -0.2) is 28.6 Å². The van der Waals surface area contributed by atoms with Crippen molar-refractivity contribution in [3.05, 3.63) is 107 Å². The fourth-order valence-electron chi connectivity index (χ4n) is 4.04. The van der Waals surface area contributed by atoms with Gasteiger partial charge in [0, 0.05) is 30.5 Å². The van der Waals surface area contributed by atoms with Crippen LogP contribution < -0.4 is 10.1 Å². The van der Waals surface area contributed by atoms with Gasteiger partial charge >= 0.3 is 5.97 Å². The molecule has 1 amide bonds. The van der Waals surface area contributed by atoms with E-state index in [1.54, 1.807) is 6.07 Å². The molecule has 3 aromatic carbocycles. The van der Waals surface area contributed by atoms with Crippen LogP contribution in [0.2, 0.25) is 0 Å². The zero-order valence-corrected chi connectivity index (χ0v) is 21.0. The summed E-state index contributed by atoms with van der Waals surface area (Å²) in [4.78, 5) is 28.4. The van der Waals surface area contributed by atoms with E-state index in [1.807, 2.05) is 80.6 Å². The highest BCUT2D eigenvalue weighted by Gasteiger charge is 2.13. The van der Waals surface area contributed by atoms with Crippen molar-refractivity contribution in [1.29, 1.82) is 0 Å². The largest absolute Gasteiger partial charge is 0.493 e. The van der Waals surface area contributed by atoms with Crippen LogP contribution in [0.15, 0.2) is 77.2 Å². The fraction of sp³-hybridized carbons (Fsp3) is 0.233. The van der Waals surface area contributed by atoms with Crippen molar-refractivity contribution >= 4 is 11.9 Å². The molecular formula is C30H30N2O5. The molecule has 190 valence electrons. The summed E-state index contributed by atoms with van der Waals surface area (Å²) in [5, 5.41) is 12.1. The number of hydrogen-bond acceptors (Lipinski definition) is 5. The summed E-state index contributed by atoms with van der Waals surface area (Å²) in [6, 6.07) is 22.7. The lowest BCUT2D eigenvalue weighted by Crippen LogP contribution is -2.23. The Hall–Kier alpha value is -4.39. The van der Waals surface area contributed by atoms with E-state index in [9.17, 15) is 9.59 Å². The van der Waals surface area contributed by atoms with Crippen molar-refractivity contribution < 1.29 is 23.8 Å². The van der Waals surface area contributed by atoms with Crippen molar-refractivity contribution in [1.82, 2.24) is 10.3 Å². The maximum atomic E-state index is 12.6. The lowest BCUT2D eigenvalue weighted by molar-refractivity contribution is -0.136. The number of benzene rings is 3. The van der Waals surface area contributed by atoms with Crippen LogP contribution in [0, 0.1) is 13.8 Å². The molecule has 0 spiro atoms. The van der Waals surface area contributed by atoms with Gasteiger partial charge in [0.1, 0.15) is 11.5 Å². The molecule has 0 saturated carbocycles. The quantitative estimate of drug-likeness (QED) is 0.282. The molecule has 4 aromatic rings. The van der Waals surface area contributed by atoms with Crippen molar-refractivity contribution in [2.45, 2.75) is 39.7 Å². The molecule has 0 radical (unpaired) electrons. The molecule has 0 fully saturated rings. The number of carbonyl (C=O) groups excluding carboxylic acids is 1. The molecule has 7 heteroatoms. The van der Waals surface area contributed by atoms with Gasteiger partial charge in [-0.3, -0.25) is 9.59 Å². The molecule has 0 unspecified atom stereocenters. The zero-order chi connectivity index (χ0) is 26.2. The average Bonchev–Trinajstić information content (AvgIpc) is 3.27. The fourth-order valence-corrected chi connectivity index (χ4v) is 4.04. The van der Waals surface area contributed by atoms with Crippen LogP contribution in [0.1, 0.15) is 44.9 Å². The summed E-state index contributed by atoms with van der Waals surface area (Å²) in [6.07, 6.45) is 0.947. The number of aromatic nitrogens is 1. The first kappa shape index (κ1) is 25.7. The second kappa shape index (κ2) is 12.0.